The number of H-pyrrole nitrogens is 1. The van der Waals surface area contributed by atoms with E-state index in [1.807, 2.05) is 43.3 Å². The minimum atomic E-state index is -0.420. The van der Waals surface area contributed by atoms with Gasteiger partial charge in [0.25, 0.3) is 11.4 Å². The zero-order valence-corrected chi connectivity index (χ0v) is 19.2. The monoisotopic (exact) mass is 472 g/mol. The number of rotatable bonds is 8. The standard InChI is InChI=1S/C24H24N8O3/c1-3-32-20-11-16(9-10-17(20)22(34)31-32)26-24-25-12-18(23-30-29-14(2)35-23)21(28-24)27-19(13-33)15-7-5-4-6-8-15/h4-12,19,33H,3,13H2,1-2H3,(H,31,34)(H2,25,26,27,28)/t19-/m1/s1. The molecule has 0 bridgehead atoms. The molecule has 3 aromatic heterocycles. The number of benzene rings is 2. The summed E-state index contributed by atoms with van der Waals surface area (Å²) in [7, 11) is 0. The van der Waals surface area contributed by atoms with Gasteiger partial charge in [-0.05, 0) is 30.7 Å². The van der Waals surface area contributed by atoms with E-state index < -0.39 is 6.04 Å². The van der Waals surface area contributed by atoms with E-state index in [0.29, 0.717) is 40.8 Å². The second kappa shape index (κ2) is 9.39. The Hall–Kier alpha value is -4.51. The second-order valence-electron chi connectivity index (χ2n) is 7.91. The van der Waals surface area contributed by atoms with Crippen molar-refractivity contribution in [2.24, 2.45) is 0 Å². The summed E-state index contributed by atoms with van der Waals surface area (Å²) in [6, 6.07) is 14.6. The molecule has 0 amide bonds. The summed E-state index contributed by atoms with van der Waals surface area (Å²) in [6.07, 6.45) is 1.58. The highest BCUT2D eigenvalue weighted by molar-refractivity contribution is 5.83. The van der Waals surface area contributed by atoms with E-state index in [1.165, 1.54) is 0 Å². The van der Waals surface area contributed by atoms with E-state index >= 15 is 0 Å². The predicted octanol–water partition coefficient (Wildman–Crippen LogP) is 3.39. The third-order valence-corrected chi connectivity index (χ3v) is 5.58. The maximum atomic E-state index is 12.1. The van der Waals surface area contributed by atoms with Crippen molar-refractivity contribution in [1.82, 2.24) is 29.9 Å². The minimum Gasteiger partial charge on any atom is -0.421 e. The van der Waals surface area contributed by atoms with E-state index in [0.717, 1.165) is 11.1 Å². The zero-order valence-electron chi connectivity index (χ0n) is 19.2. The molecule has 0 saturated carbocycles. The fourth-order valence-electron chi connectivity index (χ4n) is 3.85. The predicted molar refractivity (Wildman–Crippen MR) is 131 cm³/mol. The van der Waals surface area contributed by atoms with Crippen molar-refractivity contribution in [1.29, 1.82) is 0 Å². The third-order valence-electron chi connectivity index (χ3n) is 5.58. The van der Waals surface area contributed by atoms with Gasteiger partial charge in [0.2, 0.25) is 11.8 Å². The molecule has 1 atom stereocenters. The van der Waals surface area contributed by atoms with Crippen LogP contribution in [0.3, 0.4) is 0 Å². The molecule has 0 saturated heterocycles. The van der Waals surface area contributed by atoms with Gasteiger partial charge in [0, 0.05) is 25.4 Å². The van der Waals surface area contributed by atoms with Gasteiger partial charge < -0.3 is 20.2 Å². The molecular formula is C24H24N8O3. The van der Waals surface area contributed by atoms with Gasteiger partial charge in [-0.25, -0.2) is 4.98 Å². The largest absolute Gasteiger partial charge is 0.421 e. The molecule has 178 valence electrons. The van der Waals surface area contributed by atoms with Crippen LogP contribution in [0.25, 0.3) is 22.4 Å². The fraction of sp³-hybridized carbons (Fsp3) is 0.208. The van der Waals surface area contributed by atoms with Gasteiger partial charge in [0.05, 0.1) is 29.1 Å². The van der Waals surface area contributed by atoms with Crippen LogP contribution in [0.15, 0.2) is 63.9 Å². The number of aliphatic hydroxyl groups is 1. The summed E-state index contributed by atoms with van der Waals surface area (Å²) < 4.78 is 7.39. The minimum absolute atomic E-state index is 0.133. The van der Waals surface area contributed by atoms with E-state index in [9.17, 15) is 9.90 Å². The maximum absolute atomic E-state index is 12.1. The highest BCUT2D eigenvalue weighted by Crippen LogP contribution is 2.30. The fourth-order valence-corrected chi connectivity index (χ4v) is 3.85. The normalized spacial score (nSPS) is 12.1. The van der Waals surface area contributed by atoms with E-state index in [4.69, 9.17) is 4.42 Å². The molecule has 0 radical (unpaired) electrons. The van der Waals surface area contributed by atoms with E-state index in [1.54, 1.807) is 29.9 Å². The Morgan fingerprint density at radius 2 is 2.00 bits per heavy atom. The third kappa shape index (κ3) is 4.49. The van der Waals surface area contributed by atoms with Gasteiger partial charge in [-0.3, -0.25) is 14.6 Å². The van der Waals surface area contributed by atoms with Crippen molar-refractivity contribution in [3.63, 3.8) is 0 Å². The first-order valence-corrected chi connectivity index (χ1v) is 11.1. The van der Waals surface area contributed by atoms with Crippen LogP contribution in [0.2, 0.25) is 0 Å². The van der Waals surface area contributed by atoms with Crippen molar-refractivity contribution < 1.29 is 9.52 Å². The molecule has 4 N–H and O–H groups in total. The smallest absolute Gasteiger partial charge is 0.271 e. The van der Waals surface area contributed by atoms with Crippen LogP contribution < -0.4 is 16.2 Å². The van der Waals surface area contributed by atoms with Crippen LogP contribution in [-0.4, -0.2) is 41.7 Å². The number of hydrogen-bond donors (Lipinski definition) is 4. The average molecular weight is 473 g/mol. The Bertz CT molecular complexity index is 1520. The van der Waals surface area contributed by atoms with Crippen molar-refractivity contribution >= 4 is 28.4 Å². The van der Waals surface area contributed by atoms with Gasteiger partial charge in [0.15, 0.2) is 0 Å². The Morgan fingerprint density at radius 3 is 2.71 bits per heavy atom. The van der Waals surface area contributed by atoms with E-state index in [-0.39, 0.29) is 18.1 Å². The van der Waals surface area contributed by atoms with Crippen LogP contribution in [0.5, 0.6) is 0 Å². The van der Waals surface area contributed by atoms with Crippen LogP contribution in [-0.2, 0) is 6.54 Å². The maximum Gasteiger partial charge on any atom is 0.271 e. The first-order chi connectivity index (χ1) is 17.1. The molecule has 0 unspecified atom stereocenters. The van der Waals surface area contributed by atoms with Gasteiger partial charge in [-0.2, -0.15) is 4.98 Å². The summed E-state index contributed by atoms with van der Waals surface area (Å²) >= 11 is 0. The zero-order chi connectivity index (χ0) is 24.4. The highest BCUT2D eigenvalue weighted by Gasteiger charge is 2.19. The second-order valence-corrected chi connectivity index (χ2v) is 7.91. The topological polar surface area (TPSA) is 147 Å². The Balaban J connectivity index is 1.51. The molecule has 0 aliphatic carbocycles. The molecule has 35 heavy (non-hydrogen) atoms. The molecule has 5 rings (SSSR count). The molecule has 0 spiro atoms. The molecule has 2 aromatic carbocycles. The molecule has 0 fully saturated rings. The molecule has 0 aliphatic heterocycles. The lowest BCUT2D eigenvalue weighted by Crippen LogP contribution is -2.17. The van der Waals surface area contributed by atoms with Crippen molar-refractivity contribution in [2.45, 2.75) is 26.4 Å². The lowest BCUT2D eigenvalue weighted by molar-refractivity contribution is 0.276. The van der Waals surface area contributed by atoms with E-state index in [2.05, 4.69) is 35.9 Å². The number of nitrogens with one attached hydrogen (secondary N) is 3. The highest BCUT2D eigenvalue weighted by atomic mass is 16.4. The Kier molecular flexibility index (Phi) is 5.98. The summed E-state index contributed by atoms with van der Waals surface area (Å²) in [6.45, 7) is 4.14. The lowest BCUT2D eigenvalue weighted by atomic mass is 10.1. The quantitative estimate of drug-likeness (QED) is 0.267. The number of aryl methyl sites for hydroxylation is 2. The summed E-state index contributed by atoms with van der Waals surface area (Å²) in [5.41, 5.74) is 2.76. The number of aromatic nitrogens is 6. The van der Waals surface area contributed by atoms with Crippen molar-refractivity contribution in [3.05, 3.63) is 76.5 Å². The average Bonchev–Trinajstić information content (AvgIpc) is 3.45. The van der Waals surface area contributed by atoms with Crippen molar-refractivity contribution in [3.8, 4) is 11.5 Å². The lowest BCUT2D eigenvalue weighted by Gasteiger charge is -2.19. The number of hydrogen-bond acceptors (Lipinski definition) is 9. The molecule has 5 aromatic rings. The Morgan fingerprint density at radius 1 is 1.17 bits per heavy atom. The summed E-state index contributed by atoms with van der Waals surface area (Å²) in [5, 5.41) is 28.0. The first-order valence-electron chi connectivity index (χ1n) is 11.1. The summed E-state index contributed by atoms with van der Waals surface area (Å²) in [5.74, 6) is 1.42. The van der Waals surface area contributed by atoms with Gasteiger partial charge >= 0.3 is 0 Å². The van der Waals surface area contributed by atoms with Crippen LogP contribution >= 0.6 is 0 Å². The molecule has 11 nitrogen and oxygen atoms in total. The van der Waals surface area contributed by atoms with Gasteiger partial charge in [-0.15, -0.1) is 10.2 Å². The molecule has 0 aliphatic rings. The summed E-state index contributed by atoms with van der Waals surface area (Å²) in [4.78, 5) is 21.2. The van der Waals surface area contributed by atoms with Gasteiger partial charge in [0.1, 0.15) is 5.82 Å². The number of anilines is 3. The van der Waals surface area contributed by atoms with Crippen molar-refractivity contribution in [2.75, 3.05) is 17.2 Å². The number of aromatic amines is 1. The number of nitrogens with zero attached hydrogens (tertiary/aromatic N) is 5. The Labute approximate surface area is 199 Å². The van der Waals surface area contributed by atoms with Crippen LogP contribution in [0.1, 0.15) is 24.4 Å². The molecular weight excluding hydrogens is 448 g/mol. The van der Waals surface area contributed by atoms with Crippen LogP contribution in [0, 0.1) is 6.92 Å². The first kappa shape index (κ1) is 22.3. The SMILES string of the molecule is CCn1[nH]c(=O)c2ccc(Nc3ncc(-c4nnc(C)o4)c(N[C@H](CO)c4ccccc4)n3)cc21. The molecule has 3 heterocycles. The molecule has 11 heteroatoms. The van der Waals surface area contributed by atoms with Gasteiger partial charge in [-0.1, -0.05) is 30.3 Å². The number of fused-ring (bicyclic) bond motifs is 1. The van der Waals surface area contributed by atoms with Crippen LogP contribution in [0.4, 0.5) is 17.5 Å². The number of aliphatic hydroxyl groups excluding tert-OH is 1.